The van der Waals surface area contributed by atoms with Gasteiger partial charge in [-0.05, 0) is 72.3 Å². The van der Waals surface area contributed by atoms with E-state index in [1.807, 2.05) is 0 Å². The second kappa shape index (κ2) is 7.81. The molecule has 2 aromatic rings. The van der Waals surface area contributed by atoms with E-state index in [-0.39, 0.29) is 0 Å². The van der Waals surface area contributed by atoms with Crippen LogP contribution in [-0.4, -0.2) is 0 Å². The molecule has 122 valence electrons. The Morgan fingerprint density at radius 3 is 2.39 bits per heavy atom. The molecular weight excluding hydrogens is 276 g/mol. The number of fused-ring (bicyclic) bond motifs is 1. The van der Waals surface area contributed by atoms with Gasteiger partial charge in [0.1, 0.15) is 0 Å². The van der Waals surface area contributed by atoms with Crippen molar-refractivity contribution >= 4 is 10.8 Å². The van der Waals surface area contributed by atoms with Crippen LogP contribution in [-0.2, 0) is 6.42 Å². The molecule has 3 rings (SSSR count). The second-order valence-electron chi connectivity index (χ2n) is 7.12. The van der Waals surface area contributed by atoms with E-state index in [4.69, 9.17) is 0 Å². The molecule has 0 heterocycles. The number of hydrogen-bond acceptors (Lipinski definition) is 0. The van der Waals surface area contributed by atoms with Gasteiger partial charge in [0, 0.05) is 0 Å². The van der Waals surface area contributed by atoms with Gasteiger partial charge >= 0.3 is 0 Å². The van der Waals surface area contributed by atoms with Crippen LogP contribution in [0.5, 0.6) is 0 Å². The highest BCUT2D eigenvalue weighted by molar-refractivity contribution is 5.84. The standard InChI is InChI=1S/C23H30/c1-3-5-6-7-19-9-11-20(12-10-19)22-15-14-21-16-18(4-2)8-13-23(21)17-22/h6-8,13-17,19-20H,3-5,9-12H2,1-2H3/b7-6+. The average molecular weight is 306 g/mol. The fourth-order valence-electron chi connectivity index (χ4n) is 3.89. The van der Waals surface area contributed by atoms with Crippen molar-refractivity contribution < 1.29 is 0 Å². The van der Waals surface area contributed by atoms with Crippen molar-refractivity contribution in [2.75, 3.05) is 0 Å². The summed E-state index contributed by atoms with van der Waals surface area (Å²) in [5.41, 5.74) is 2.99. The zero-order valence-electron chi connectivity index (χ0n) is 14.7. The fourth-order valence-corrected chi connectivity index (χ4v) is 3.89. The Labute approximate surface area is 141 Å². The number of unbranched alkanes of at least 4 members (excludes halogenated alkanes) is 1. The molecule has 0 spiro atoms. The predicted molar refractivity (Wildman–Crippen MR) is 102 cm³/mol. The first kappa shape index (κ1) is 16.3. The lowest BCUT2D eigenvalue weighted by Crippen LogP contribution is -2.11. The zero-order valence-corrected chi connectivity index (χ0v) is 14.7. The van der Waals surface area contributed by atoms with E-state index < -0.39 is 0 Å². The average Bonchev–Trinajstić information content (AvgIpc) is 2.61. The molecule has 23 heavy (non-hydrogen) atoms. The van der Waals surface area contributed by atoms with Crippen LogP contribution in [0.25, 0.3) is 10.8 Å². The molecular formula is C23H30. The topological polar surface area (TPSA) is 0 Å². The van der Waals surface area contributed by atoms with Crippen molar-refractivity contribution in [3.63, 3.8) is 0 Å². The summed E-state index contributed by atoms with van der Waals surface area (Å²) < 4.78 is 0. The first-order valence-electron chi connectivity index (χ1n) is 9.49. The molecule has 1 saturated carbocycles. The number of aryl methyl sites for hydroxylation is 1. The van der Waals surface area contributed by atoms with Crippen molar-refractivity contribution in [1.29, 1.82) is 0 Å². The van der Waals surface area contributed by atoms with Crippen LogP contribution in [0.1, 0.15) is 69.4 Å². The van der Waals surface area contributed by atoms with Gasteiger partial charge in [0.25, 0.3) is 0 Å². The molecule has 0 amide bonds. The lowest BCUT2D eigenvalue weighted by atomic mass is 9.78. The summed E-state index contributed by atoms with van der Waals surface area (Å²) in [6, 6.07) is 14.1. The van der Waals surface area contributed by atoms with Crippen molar-refractivity contribution in [3.8, 4) is 0 Å². The van der Waals surface area contributed by atoms with E-state index in [9.17, 15) is 0 Å². The lowest BCUT2D eigenvalue weighted by molar-refractivity contribution is 0.375. The number of hydrogen-bond donors (Lipinski definition) is 0. The molecule has 0 aromatic heterocycles. The Hall–Kier alpha value is -1.56. The Kier molecular flexibility index (Phi) is 5.54. The van der Waals surface area contributed by atoms with Crippen LogP contribution in [0.2, 0.25) is 0 Å². The molecule has 0 nitrogen and oxygen atoms in total. The number of benzene rings is 2. The van der Waals surface area contributed by atoms with Gasteiger partial charge in [-0.1, -0.05) is 68.8 Å². The van der Waals surface area contributed by atoms with Crippen LogP contribution in [0.3, 0.4) is 0 Å². The molecule has 1 aliphatic carbocycles. The maximum absolute atomic E-state index is 2.48. The monoisotopic (exact) mass is 306 g/mol. The molecule has 0 atom stereocenters. The molecule has 1 fully saturated rings. The first-order chi connectivity index (χ1) is 11.3. The summed E-state index contributed by atoms with van der Waals surface area (Å²) in [6.45, 7) is 4.48. The van der Waals surface area contributed by atoms with Gasteiger partial charge < -0.3 is 0 Å². The van der Waals surface area contributed by atoms with Gasteiger partial charge in [0.2, 0.25) is 0 Å². The minimum absolute atomic E-state index is 0.765. The zero-order chi connectivity index (χ0) is 16.1. The summed E-state index contributed by atoms with van der Waals surface area (Å²) in [6.07, 6.45) is 13.9. The van der Waals surface area contributed by atoms with Crippen LogP contribution in [0, 0.1) is 5.92 Å². The summed E-state index contributed by atoms with van der Waals surface area (Å²) in [7, 11) is 0. The van der Waals surface area contributed by atoms with Gasteiger partial charge in [-0.3, -0.25) is 0 Å². The minimum Gasteiger partial charge on any atom is -0.0883 e. The maximum atomic E-state index is 2.48. The maximum Gasteiger partial charge on any atom is -0.0161 e. The van der Waals surface area contributed by atoms with Crippen molar-refractivity contribution in [1.82, 2.24) is 0 Å². The minimum atomic E-state index is 0.765. The summed E-state index contributed by atoms with van der Waals surface area (Å²) >= 11 is 0. The molecule has 0 radical (unpaired) electrons. The van der Waals surface area contributed by atoms with Crippen LogP contribution in [0.4, 0.5) is 0 Å². The Bertz CT molecular complexity index is 657. The van der Waals surface area contributed by atoms with E-state index in [1.165, 1.54) is 54.9 Å². The van der Waals surface area contributed by atoms with Crippen molar-refractivity contribution in [2.45, 2.75) is 64.7 Å². The summed E-state index contributed by atoms with van der Waals surface area (Å²) in [5.74, 6) is 1.59. The van der Waals surface area contributed by atoms with E-state index in [0.29, 0.717) is 0 Å². The molecule has 0 saturated heterocycles. The normalized spacial score (nSPS) is 22.0. The van der Waals surface area contributed by atoms with E-state index >= 15 is 0 Å². The third-order valence-electron chi connectivity index (χ3n) is 5.44. The highest BCUT2D eigenvalue weighted by atomic mass is 14.3. The van der Waals surface area contributed by atoms with Crippen molar-refractivity contribution in [3.05, 3.63) is 59.7 Å². The van der Waals surface area contributed by atoms with Crippen LogP contribution < -0.4 is 0 Å². The molecule has 0 aliphatic heterocycles. The first-order valence-corrected chi connectivity index (χ1v) is 9.49. The molecule has 0 N–H and O–H groups in total. The fraction of sp³-hybridized carbons (Fsp3) is 0.478. The quantitative estimate of drug-likeness (QED) is 0.520. The Morgan fingerprint density at radius 1 is 0.913 bits per heavy atom. The Morgan fingerprint density at radius 2 is 1.65 bits per heavy atom. The highest BCUT2D eigenvalue weighted by Crippen LogP contribution is 2.37. The summed E-state index contributed by atoms with van der Waals surface area (Å²) in [5, 5.41) is 2.80. The highest BCUT2D eigenvalue weighted by Gasteiger charge is 2.20. The van der Waals surface area contributed by atoms with E-state index in [0.717, 1.165) is 18.3 Å². The molecule has 0 bridgehead atoms. The largest absolute Gasteiger partial charge is 0.0883 e. The summed E-state index contributed by atoms with van der Waals surface area (Å²) in [4.78, 5) is 0. The Balaban J connectivity index is 1.67. The van der Waals surface area contributed by atoms with Gasteiger partial charge in [0.05, 0.1) is 0 Å². The van der Waals surface area contributed by atoms with Gasteiger partial charge in [-0.15, -0.1) is 0 Å². The molecule has 0 unspecified atom stereocenters. The van der Waals surface area contributed by atoms with Crippen molar-refractivity contribution in [2.24, 2.45) is 5.92 Å². The second-order valence-corrected chi connectivity index (χ2v) is 7.12. The van der Waals surface area contributed by atoms with Gasteiger partial charge in [-0.25, -0.2) is 0 Å². The third-order valence-corrected chi connectivity index (χ3v) is 5.44. The molecule has 1 aliphatic rings. The predicted octanol–water partition coefficient (Wildman–Crippen LogP) is 7.03. The van der Waals surface area contributed by atoms with Gasteiger partial charge in [0.15, 0.2) is 0 Å². The van der Waals surface area contributed by atoms with E-state index in [2.05, 4.69) is 62.4 Å². The lowest BCUT2D eigenvalue weighted by Gasteiger charge is -2.27. The number of allylic oxidation sites excluding steroid dienone is 2. The van der Waals surface area contributed by atoms with Crippen LogP contribution >= 0.6 is 0 Å². The SMILES string of the molecule is CCC/C=C/C1CCC(c2ccc3cc(CC)ccc3c2)CC1. The van der Waals surface area contributed by atoms with E-state index in [1.54, 1.807) is 5.56 Å². The smallest absolute Gasteiger partial charge is 0.0161 e. The number of rotatable bonds is 5. The van der Waals surface area contributed by atoms with Crippen LogP contribution in [0.15, 0.2) is 48.6 Å². The molecule has 2 aromatic carbocycles. The third kappa shape index (κ3) is 4.05. The van der Waals surface area contributed by atoms with Gasteiger partial charge in [-0.2, -0.15) is 0 Å². The molecule has 0 heteroatoms.